The van der Waals surface area contributed by atoms with Crippen molar-refractivity contribution in [2.75, 3.05) is 0 Å². The zero-order valence-electron chi connectivity index (χ0n) is 18.3. The van der Waals surface area contributed by atoms with Gasteiger partial charge in [0.1, 0.15) is 0 Å². The maximum Gasteiger partial charge on any atom is 0.0780 e. The summed E-state index contributed by atoms with van der Waals surface area (Å²) in [6, 6.07) is 18.3. The molecule has 2 aliphatic carbocycles. The van der Waals surface area contributed by atoms with Gasteiger partial charge in [0.15, 0.2) is 0 Å². The first kappa shape index (κ1) is 19.7. The largest absolute Gasteiger partial charge is 0.0780 e. The van der Waals surface area contributed by atoms with Crippen LogP contribution in [0, 0.1) is 0 Å². The summed E-state index contributed by atoms with van der Waals surface area (Å²) in [7, 11) is -2.63. The Bertz CT molecular complexity index is 871. The quantitative estimate of drug-likeness (QED) is 0.446. The van der Waals surface area contributed by atoms with E-state index < -0.39 is 16.1 Å². The molecule has 0 saturated heterocycles. The highest BCUT2D eigenvalue weighted by molar-refractivity contribution is 6.94. The third-order valence-electron chi connectivity index (χ3n) is 6.44. The fourth-order valence-corrected chi connectivity index (χ4v) is 8.51. The Morgan fingerprint density at radius 1 is 0.571 bits per heavy atom. The van der Waals surface area contributed by atoms with E-state index in [1.54, 1.807) is 21.5 Å². The molecule has 2 unspecified atom stereocenters. The van der Waals surface area contributed by atoms with Gasteiger partial charge in [0, 0.05) is 11.8 Å². The van der Waals surface area contributed by atoms with Gasteiger partial charge >= 0.3 is 0 Å². The standard InChI is InChI=1S/C26H34Si2/c1-27(2,3)25-17-19(21-11-7-9-13-23(21)25)15-16-20-18-26(28(4,5)6)24-14-10-8-12-22(20)24/h7-14,17-20H,15-16H2,1-6H3. The van der Waals surface area contributed by atoms with Crippen molar-refractivity contribution in [2.24, 2.45) is 0 Å². The van der Waals surface area contributed by atoms with E-state index in [2.05, 4.69) is 100.0 Å². The highest BCUT2D eigenvalue weighted by Gasteiger charge is 2.33. The van der Waals surface area contributed by atoms with Crippen LogP contribution in [-0.4, -0.2) is 16.1 Å². The summed E-state index contributed by atoms with van der Waals surface area (Å²) >= 11 is 0. The molecular formula is C26H34Si2. The molecule has 0 aliphatic heterocycles. The Morgan fingerprint density at radius 2 is 0.929 bits per heavy atom. The van der Waals surface area contributed by atoms with Crippen molar-refractivity contribution in [1.82, 2.24) is 0 Å². The lowest BCUT2D eigenvalue weighted by Gasteiger charge is -2.19. The van der Waals surface area contributed by atoms with Crippen LogP contribution in [0.2, 0.25) is 39.3 Å². The zero-order valence-corrected chi connectivity index (χ0v) is 20.3. The van der Waals surface area contributed by atoms with Gasteiger partial charge in [0.05, 0.1) is 16.1 Å². The summed E-state index contributed by atoms with van der Waals surface area (Å²) < 4.78 is 0. The minimum atomic E-state index is -1.32. The summed E-state index contributed by atoms with van der Waals surface area (Å²) in [6.45, 7) is 14.9. The molecule has 0 spiro atoms. The Hall–Kier alpha value is -1.65. The fourth-order valence-electron chi connectivity index (χ4n) is 5.04. The Labute approximate surface area is 173 Å². The maximum absolute atomic E-state index is 2.63. The van der Waals surface area contributed by atoms with Gasteiger partial charge in [0.2, 0.25) is 0 Å². The normalized spacial score (nSPS) is 21.2. The smallest absolute Gasteiger partial charge is 0.0771 e. The van der Waals surface area contributed by atoms with Crippen molar-refractivity contribution < 1.29 is 0 Å². The molecule has 0 fully saturated rings. The molecule has 2 aromatic carbocycles. The molecule has 2 heteroatoms. The minimum Gasteiger partial charge on any atom is -0.0771 e. The molecule has 0 radical (unpaired) electrons. The van der Waals surface area contributed by atoms with E-state index >= 15 is 0 Å². The van der Waals surface area contributed by atoms with Gasteiger partial charge in [-0.15, -0.1) is 0 Å². The molecule has 2 aliphatic rings. The second-order valence-corrected chi connectivity index (χ2v) is 20.7. The number of allylic oxidation sites excluding steroid dienone is 2. The van der Waals surface area contributed by atoms with Crippen LogP contribution in [0.4, 0.5) is 0 Å². The van der Waals surface area contributed by atoms with Crippen LogP contribution < -0.4 is 0 Å². The summed E-state index contributed by atoms with van der Waals surface area (Å²) in [5.74, 6) is 1.18. The SMILES string of the molecule is C[Si](C)(C)C1=CC(CCC2C=C([Si](C)(C)C)c3ccccc32)c2ccccc21. The van der Waals surface area contributed by atoms with Crippen LogP contribution in [0.3, 0.4) is 0 Å². The molecule has 0 heterocycles. The van der Waals surface area contributed by atoms with Crippen LogP contribution >= 0.6 is 0 Å². The molecular weight excluding hydrogens is 368 g/mol. The van der Waals surface area contributed by atoms with E-state index in [0.29, 0.717) is 11.8 Å². The van der Waals surface area contributed by atoms with Gasteiger partial charge in [-0.1, -0.05) is 110 Å². The predicted octanol–water partition coefficient (Wildman–Crippen LogP) is 7.88. The van der Waals surface area contributed by atoms with Crippen molar-refractivity contribution in [3.63, 3.8) is 0 Å². The number of hydrogen-bond donors (Lipinski definition) is 0. The third kappa shape index (κ3) is 3.53. The van der Waals surface area contributed by atoms with Gasteiger partial charge < -0.3 is 0 Å². The lowest BCUT2D eigenvalue weighted by atomic mass is 9.89. The molecule has 28 heavy (non-hydrogen) atoms. The van der Waals surface area contributed by atoms with E-state index in [-0.39, 0.29) is 0 Å². The first-order chi connectivity index (χ1) is 13.2. The fraction of sp³-hybridized carbons (Fsp3) is 0.385. The third-order valence-corrected chi connectivity index (χ3v) is 10.5. The Morgan fingerprint density at radius 3 is 1.29 bits per heavy atom. The average Bonchev–Trinajstić information content (AvgIpc) is 3.18. The molecule has 0 saturated carbocycles. The summed E-state index contributed by atoms with van der Waals surface area (Å²) in [4.78, 5) is 0. The number of benzene rings is 2. The van der Waals surface area contributed by atoms with E-state index in [1.165, 1.54) is 24.0 Å². The molecule has 0 aromatic heterocycles. The molecule has 0 N–H and O–H groups in total. The second-order valence-electron chi connectivity index (χ2n) is 10.6. The van der Waals surface area contributed by atoms with E-state index in [4.69, 9.17) is 0 Å². The van der Waals surface area contributed by atoms with Crippen LogP contribution in [0.5, 0.6) is 0 Å². The molecule has 0 amide bonds. The molecule has 2 atom stereocenters. The zero-order chi connectivity index (χ0) is 20.1. The summed E-state index contributed by atoms with van der Waals surface area (Å²) in [6.07, 6.45) is 7.75. The van der Waals surface area contributed by atoms with Gasteiger partial charge in [-0.25, -0.2) is 0 Å². The van der Waals surface area contributed by atoms with Crippen molar-refractivity contribution in [1.29, 1.82) is 0 Å². The van der Waals surface area contributed by atoms with Gasteiger partial charge in [-0.2, -0.15) is 0 Å². The Kier molecular flexibility index (Phi) is 4.91. The number of rotatable bonds is 5. The van der Waals surface area contributed by atoms with E-state index in [0.717, 1.165) is 0 Å². The van der Waals surface area contributed by atoms with Gasteiger partial charge in [-0.3, -0.25) is 0 Å². The van der Waals surface area contributed by atoms with E-state index in [1.807, 2.05) is 0 Å². The topological polar surface area (TPSA) is 0 Å². The maximum atomic E-state index is 2.63. The lowest BCUT2D eigenvalue weighted by Crippen LogP contribution is -2.21. The average molecular weight is 403 g/mol. The molecule has 0 nitrogen and oxygen atoms in total. The molecule has 0 bridgehead atoms. The van der Waals surface area contributed by atoms with Crippen LogP contribution in [0.1, 0.15) is 46.9 Å². The predicted molar refractivity (Wildman–Crippen MR) is 130 cm³/mol. The first-order valence-corrected chi connectivity index (χ1v) is 17.8. The highest BCUT2D eigenvalue weighted by atomic mass is 28.3. The first-order valence-electron chi connectivity index (χ1n) is 10.8. The van der Waals surface area contributed by atoms with E-state index in [9.17, 15) is 0 Å². The van der Waals surface area contributed by atoms with Gasteiger partial charge in [-0.05, 0) is 35.1 Å². The number of hydrogen-bond acceptors (Lipinski definition) is 0. The minimum absolute atomic E-state index is 0.592. The summed E-state index contributed by atoms with van der Waals surface area (Å²) in [5.41, 5.74) is 6.22. The monoisotopic (exact) mass is 402 g/mol. The highest BCUT2D eigenvalue weighted by Crippen LogP contribution is 2.46. The van der Waals surface area contributed by atoms with Crippen molar-refractivity contribution in [3.8, 4) is 0 Å². The Balaban J connectivity index is 1.60. The number of fused-ring (bicyclic) bond motifs is 2. The summed E-state index contributed by atoms with van der Waals surface area (Å²) in [5, 5.41) is 3.33. The van der Waals surface area contributed by atoms with Crippen LogP contribution in [-0.2, 0) is 0 Å². The lowest BCUT2D eigenvalue weighted by molar-refractivity contribution is 0.642. The van der Waals surface area contributed by atoms with Gasteiger partial charge in [0.25, 0.3) is 0 Å². The van der Waals surface area contributed by atoms with Crippen LogP contribution in [0.25, 0.3) is 10.4 Å². The molecule has 4 rings (SSSR count). The van der Waals surface area contributed by atoms with Crippen molar-refractivity contribution in [2.45, 2.75) is 64.0 Å². The van der Waals surface area contributed by atoms with Crippen molar-refractivity contribution >= 4 is 26.5 Å². The molecule has 2 aromatic rings. The second kappa shape index (κ2) is 7.00. The van der Waals surface area contributed by atoms with Crippen LogP contribution in [0.15, 0.2) is 60.7 Å². The molecule has 146 valence electrons. The van der Waals surface area contributed by atoms with Crippen molar-refractivity contribution in [3.05, 3.63) is 82.9 Å².